The van der Waals surface area contributed by atoms with Gasteiger partial charge in [0, 0.05) is 11.5 Å². The maximum atomic E-state index is 11.8. The molecule has 0 radical (unpaired) electrons. The molecule has 0 aromatic heterocycles. The van der Waals surface area contributed by atoms with Crippen LogP contribution in [0.25, 0.3) is 0 Å². The van der Waals surface area contributed by atoms with Gasteiger partial charge in [-0.3, -0.25) is 19.4 Å². The standard InChI is InChI=1S/C12H11BrN2O4/c1-14-10(16)11(17)15(12(14)18)6-7-5-8(19-2)3-4-9(7)13/h3-5H,6H2,1-2H3. The third-order valence-electron chi connectivity index (χ3n) is 2.83. The number of ether oxygens (including phenoxy) is 1. The average molecular weight is 327 g/mol. The molecule has 100 valence electrons. The highest BCUT2D eigenvalue weighted by Gasteiger charge is 2.42. The quantitative estimate of drug-likeness (QED) is 0.621. The van der Waals surface area contributed by atoms with Gasteiger partial charge in [0.05, 0.1) is 13.7 Å². The zero-order valence-electron chi connectivity index (χ0n) is 10.3. The Morgan fingerprint density at radius 2 is 1.89 bits per heavy atom. The van der Waals surface area contributed by atoms with E-state index in [-0.39, 0.29) is 6.54 Å². The molecule has 19 heavy (non-hydrogen) atoms. The van der Waals surface area contributed by atoms with E-state index < -0.39 is 17.8 Å². The normalized spacial score (nSPS) is 15.4. The number of halogens is 1. The van der Waals surface area contributed by atoms with Crippen LogP contribution in [0.1, 0.15) is 5.56 Å². The van der Waals surface area contributed by atoms with Gasteiger partial charge in [0.1, 0.15) is 5.75 Å². The molecule has 0 spiro atoms. The molecule has 0 saturated carbocycles. The molecule has 1 aromatic rings. The lowest BCUT2D eigenvalue weighted by Crippen LogP contribution is -2.31. The molecule has 1 aliphatic heterocycles. The molecule has 0 atom stereocenters. The minimum absolute atomic E-state index is 0.0194. The second kappa shape index (κ2) is 5.00. The summed E-state index contributed by atoms with van der Waals surface area (Å²) in [7, 11) is 2.81. The van der Waals surface area contributed by atoms with Crippen molar-refractivity contribution in [2.75, 3.05) is 14.2 Å². The van der Waals surface area contributed by atoms with Crippen molar-refractivity contribution < 1.29 is 19.1 Å². The van der Waals surface area contributed by atoms with Gasteiger partial charge in [-0.2, -0.15) is 0 Å². The highest BCUT2D eigenvalue weighted by molar-refractivity contribution is 9.10. The summed E-state index contributed by atoms with van der Waals surface area (Å²) in [5, 5.41) is 0. The van der Waals surface area contributed by atoms with Crippen LogP contribution in [-0.2, 0) is 16.1 Å². The van der Waals surface area contributed by atoms with Crippen LogP contribution >= 0.6 is 15.9 Å². The summed E-state index contributed by atoms with van der Waals surface area (Å²) in [6.45, 7) is 0.0194. The summed E-state index contributed by atoms with van der Waals surface area (Å²) in [5.41, 5.74) is 0.684. The highest BCUT2D eigenvalue weighted by atomic mass is 79.9. The van der Waals surface area contributed by atoms with E-state index in [9.17, 15) is 14.4 Å². The summed E-state index contributed by atoms with van der Waals surface area (Å²) < 4.78 is 5.82. The van der Waals surface area contributed by atoms with E-state index in [1.807, 2.05) is 0 Å². The first kappa shape index (κ1) is 13.5. The fraction of sp³-hybridized carbons (Fsp3) is 0.250. The van der Waals surface area contributed by atoms with Crippen LogP contribution in [0.3, 0.4) is 0 Å². The van der Waals surface area contributed by atoms with Crippen LogP contribution in [0.4, 0.5) is 4.79 Å². The number of rotatable bonds is 3. The number of nitrogens with zero attached hydrogens (tertiary/aromatic N) is 2. The number of likely N-dealkylation sites (N-methyl/N-ethyl adjacent to an activating group) is 1. The lowest BCUT2D eigenvalue weighted by molar-refractivity contribution is -0.143. The zero-order valence-corrected chi connectivity index (χ0v) is 11.9. The second-order valence-corrected chi connectivity index (χ2v) is 4.85. The minimum atomic E-state index is -0.817. The molecular weight excluding hydrogens is 316 g/mol. The van der Waals surface area contributed by atoms with Crippen molar-refractivity contribution in [1.29, 1.82) is 0 Å². The van der Waals surface area contributed by atoms with Gasteiger partial charge >= 0.3 is 17.8 Å². The molecular formula is C12H11BrN2O4. The molecule has 0 unspecified atom stereocenters. The van der Waals surface area contributed by atoms with E-state index in [1.165, 1.54) is 14.2 Å². The Morgan fingerprint density at radius 3 is 2.42 bits per heavy atom. The Morgan fingerprint density at radius 1 is 1.21 bits per heavy atom. The van der Waals surface area contributed by atoms with E-state index in [2.05, 4.69) is 15.9 Å². The Balaban J connectivity index is 2.29. The van der Waals surface area contributed by atoms with Crippen LogP contribution in [0.15, 0.2) is 22.7 Å². The van der Waals surface area contributed by atoms with Crippen molar-refractivity contribution in [1.82, 2.24) is 9.80 Å². The number of carbonyl (C=O) groups excluding carboxylic acids is 3. The molecule has 1 saturated heterocycles. The Hall–Kier alpha value is -1.89. The molecule has 2 rings (SSSR count). The largest absolute Gasteiger partial charge is 0.497 e. The molecule has 1 aromatic carbocycles. The molecule has 7 heteroatoms. The van der Waals surface area contributed by atoms with Crippen LogP contribution in [0, 0.1) is 0 Å². The number of amides is 4. The third-order valence-corrected chi connectivity index (χ3v) is 3.61. The molecule has 6 nitrogen and oxygen atoms in total. The van der Waals surface area contributed by atoms with Crippen molar-refractivity contribution >= 4 is 33.8 Å². The number of carbonyl (C=O) groups is 3. The predicted molar refractivity (Wildman–Crippen MR) is 69.4 cm³/mol. The molecule has 1 fully saturated rings. The first-order valence-electron chi connectivity index (χ1n) is 5.41. The van der Waals surface area contributed by atoms with Gasteiger partial charge in [0.15, 0.2) is 0 Å². The number of hydrogen-bond donors (Lipinski definition) is 0. The monoisotopic (exact) mass is 326 g/mol. The van der Waals surface area contributed by atoms with Crippen LogP contribution in [0.5, 0.6) is 5.75 Å². The molecule has 0 N–H and O–H groups in total. The Labute approximate surface area is 118 Å². The van der Waals surface area contributed by atoms with Crippen molar-refractivity contribution in [3.05, 3.63) is 28.2 Å². The van der Waals surface area contributed by atoms with Gasteiger partial charge in [-0.05, 0) is 23.8 Å². The number of hydrogen-bond acceptors (Lipinski definition) is 4. The van der Waals surface area contributed by atoms with Crippen molar-refractivity contribution in [3.63, 3.8) is 0 Å². The van der Waals surface area contributed by atoms with E-state index in [0.29, 0.717) is 11.3 Å². The van der Waals surface area contributed by atoms with Crippen LogP contribution in [0.2, 0.25) is 0 Å². The molecule has 0 aliphatic carbocycles. The third kappa shape index (κ3) is 2.33. The Bertz CT molecular complexity index is 573. The summed E-state index contributed by atoms with van der Waals surface area (Å²) in [4.78, 5) is 36.5. The lowest BCUT2D eigenvalue weighted by atomic mass is 10.2. The smallest absolute Gasteiger partial charge is 0.334 e. The maximum Gasteiger partial charge on any atom is 0.334 e. The van der Waals surface area contributed by atoms with Crippen molar-refractivity contribution in [2.45, 2.75) is 6.54 Å². The summed E-state index contributed by atoms with van der Waals surface area (Å²) >= 11 is 3.33. The summed E-state index contributed by atoms with van der Waals surface area (Å²) in [6, 6.07) is 4.58. The van der Waals surface area contributed by atoms with E-state index in [0.717, 1.165) is 14.3 Å². The zero-order chi connectivity index (χ0) is 14.2. The topological polar surface area (TPSA) is 66.9 Å². The van der Waals surface area contributed by atoms with Crippen molar-refractivity contribution in [3.8, 4) is 5.75 Å². The van der Waals surface area contributed by atoms with Crippen LogP contribution < -0.4 is 4.74 Å². The number of imide groups is 2. The van der Waals surface area contributed by atoms with Gasteiger partial charge in [0.25, 0.3) is 0 Å². The predicted octanol–water partition coefficient (Wildman–Crippen LogP) is 1.38. The van der Waals surface area contributed by atoms with E-state index >= 15 is 0 Å². The first-order valence-corrected chi connectivity index (χ1v) is 6.21. The van der Waals surface area contributed by atoms with Gasteiger partial charge in [-0.1, -0.05) is 15.9 Å². The highest BCUT2D eigenvalue weighted by Crippen LogP contribution is 2.25. The fourth-order valence-corrected chi connectivity index (χ4v) is 2.09. The summed E-state index contributed by atoms with van der Waals surface area (Å²) in [5.74, 6) is -1.02. The molecule has 0 bridgehead atoms. The van der Waals surface area contributed by atoms with Gasteiger partial charge < -0.3 is 4.74 Å². The van der Waals surface area contributed by atoms with Gasteiger partial charge in [-0.15, -0.1) is 0 Å². The van der Waals surface area contributed by atoms with Gasteiger partial charge in [0.2, 0.25) is 0 Å². The van der Waals surface area contributed by atoms with Crippen LogP contribution in [-0.4, -0.2) is 41.8 Å². The van der Waals surface area contributed by atoms with Gasteiger partial charge in [-0.25, -0.2) is 4.79 Å². The molecule has 1 heterocycles. The molecule has 4 amide bonds. The van der Waals surface area contributed by atoms with E-state index in [4.69, 9.17) is 4.74 Å². The number of benzene rings is 1. The lowest BCUT2D eigenvalue weighted by Gasteiger charge is -2.14. The summed E-state index contributed by atoms with van der Waals surface area (Å²) in [6.07, 6.45) is 0. The SMILES string of the molecule is COc1ccc(Br)c(CN2C(=O)C(=O)N(C)C2=O)c1. The maximum absolute atomic E-state index is 11.8. The Kier molecular flexibility index (Phi) is 3.57. The van der Waals surface area contributed by atoms with E-state index in [1.54, 1.807) is 18.2 Å². The number of urea groups is 1. The average Bonchev–Trinajstić information content (AvgIpc) is 2.59. The molecule has 1 aliphatic rings. The number of methoxy groups -OCH3 is 1. The fourth-order valence-electron chi connectivity index (χ4n) is 1.72. The minimum Gasteiger partial charge on any atom is -0.497 e. The first-order chi connectivity index (χ1) is 8.95. The van der Waals surface area contributed by atoms with Crippen molar-refractivity contribution in [2.24, 2.45) is 0 Å². The second-order valence-electron chi connectivity index (χ2n) is 4.00.